The van der Waals surface area contributed by atoms with Gasteiger partial charge in [-0.3, -0.25) is 5.10 Å². The van der Waals surface area contributed by atoms with Crippen molar-refractivity contribution in [3.05, 3.63) is 30.0 Å². The molecule has 5 N–H and O–H groups in total. The van der Waals surface area contributed by atoms with E-state index in [1.54, 1.807) is 0 Å². The monoisotopic (exact) mass is 336 g/mol. The summed E-state index contributed by atoms with van der Waals surface area (Å²) in [7, 11) is 0. The number of aryl methyl sites for hydroxylation is 1. The summed E-state index contributed by atoms with van der Waals surface area (Å²) in [5, 5.41) is 7.91. The lowest BCUT2D eigenvalue weighted by Gasteiger charge is -2.21. The second kappa shape index (κ2) is 6.70. The van der Waals surface area contributed by atoms with E-state index >= 15 is 0 Å². The molecule has 1 aliphatic rings. The van der Waals surface area contributed by atoms with Gasteiger partial charge in [-0.15, -0.1) is 0 Å². The first kappa shape index (κ1) is 15.9. The molecule has 25 heavy (non-hydrogen) atoms. The Balaban J connectivity index is 1.57. The predicted molar refractivity (Wildman–Crippen MR) is 101 cm³/mol. The molecule has 0 aliphatic heterocycles. The molecule has 1 aliphatic carbocycles. The second-order valence-electron chi connectivity index (χ2n) is 7.01. The van der Waals surface area contributed by atoms with Crippen LogP contribution in [0.25, 0.3) is 22.2 Å². The molecule has 1 aromatic carbocycles. The van der Waals surface area contributed by atoms with Crippen molar-refractivity contribution in [2.24, 2.45) is 5.92 Å². The summed E-state index contributed by atoms with van der Waals surface area (Å²) in [5.74, 6) is 1.68. The Labute approximate surface area is 147 Å². The van der Waals surface area contributed by atoms with Gasteiger partial charge in [-0.2, -0.15) is 5.10 Å². The number of fused-ring (bicyclic) bond motifs is 1. The van der Waals surface area contributed by atoms with Gasteiger partial charge in [0.25, 0.3) is 0 Å². The predicted octanol–water partition coefficient (Wildman–Crippen LogP) is 3.70. The van der Waals surface area contributed by atoms with E-state index in [1.165, 1.54) is 38.5 Å². The molecule has 0 saturated heterocycles. The fourth-order valence-electron chi connectivity index (χ4n) is 3.82. The number of nitrogen functional groups attached to an aromatic ring is 2. The largest absolute Gasteiger partial charge is 0.382 e. The first-order valence-corrected chi connectivity index (χ1v) is 9.06. The van der Waals surface area contributed by atoms with Crippen molar-refractivity contribution in [2.75, 3.05) is 11.5 Å². The number of aromatic nitrogens is 4. The number of anilines is 2. The molecule has 0 amide bonds. The molecule has 2 aromatic heterocycles. The summed E-state index contributed by atoms with van der Waals surface area (Å²) in [4.78, 5) is 8.85. The lowest BCUT2D eigenvalue weighted by molar-refractivity contribution is 0.338. The maximum absolute atomic E-state index is 5.96. The fraction of sp³-hybridized carbons (Fsp3) is 0.421. The van der Waals surface area contributed by atoms with Crippen LogP contribution in [0.15, 0.2) is 24.3 Å². The Morgan fingerprint density at radius 2 is 1.88 bits per heavy atom. The molecule has 2 heterocycles. The van der Waals surface area contributed by atoms with Crippen molar-refractivity contribution in [3.8, 4) is 11.3 Å². The molecule has 0 radical (unpaired) electrons. The Morgan fingerprint density at radius 1 is 1.04 bits per heavy atom. The molecule has 0 unspecified atom stereocenters. The lowest BCUT2D eigenvalue weighted by Crippen LogP contribution is -2.08. The van der Waals surface area contributed by atoms with Gasteiger partial charge in [-0.25, -0.2) is 9.97 Å². The van der Waals surface area contributed by atoms with Gasteiger partial charge in [0.05, 0.1) is 11.2 Å². The van der Waals surface area contributed by atoms with Crippen LogP contribution in [0.1, 0.15) is 44.2 Å². The third-order valence-electron chi connectivity index (χ3n) is 5.22. The summed E-state index contributed by atoms with van der Waals surface area (Å²) in [6.07, 6.45) is 8.98. The van der Waals surface area contributed by atoms with Gasteiger partial charge in [0, 0.05) is 16.6 Å². The highest BCUT2D eigenvalue weighted by molar-refractivity contribution is 5.91. The molecule has 1 saturated carbocycles. The normalized spacial score (nSPS) is 15.7. The van der Waals surface area contributed by atoms with Crippen LogP contribution >= 0.6 is 0 Å². The van der Waals surface area contributed by atoms with Crippen LogP contribution in [-0.2, 0) is 6.42 Å². The molecule has 130 valence electrons. The van der Waals surface area contributed by atoms with E-state index in [0.29, 0.717) is 11.8 Å². The standard InChI is InChI=1S/C19H24N6/c20-18-15-9-7-13(10-17(15)24-25-18)16-11-14(22-19(21)23-16)8-6-12-4-2-1-3-5-12/h7,9-12H,1-6,8H2,(H3,20,24,25)(H2,21,22,23). The second-order valence-corrected chi connectivity index (χ2v) is 7.01. The van der Waals surface area contributed by atoms with Crippen molar-refractivity contribution in [3.63, 3.8) is 0 Å². The zero-order chi connectivity index (χ0) is 17.2. The van der Waals surface area contributed by atoms with Crippen LogP contribution in [0, 0.1) is 5.92 Å². The Hall–Kier alpha value is -2.63. The van der Waals surface area contributed by atoms with E-state index in [-0.39, 0.29) is 0 Å². The van der Waals surface area contributed by atoms with Gasteiger partial charge in [0.15, 0.2) is 5.82 Å². The Morgan fingerprint density at radius 3 is 2.72 bits per heavy atom. The highest BCUT2D eigenvalue weighted by Gasteiger charge is 2.14. The smallest absolute Gasteiger partial charge is 0.220 e. The SMILES string of the molecule is Nc1nc(CCC2CCCCC2)cc(-c2ccc3c(N)n[nH]c3c2)n1. The Bertz CT molecular complexity index is 879. The van der Waals surface area contributed by atoms with Gasteiger partial charge in [-0.1, -0.05) is 38.2 Å². The molecule has 0 spiro atoms. The summed E-state index contributed by atoms with van der Waals surface area (Å²) in [6.45, 7) is 0. The van der Waals surface area contributed by atoms with Crippen molar-refractivity contribution in [1.82, 2.24) is 20.2 Å². The molecule has 1 fully saturated rings. The molecule has 4 rings (SSSR count). The van der Waals surface area contributed by atoms with E-state index in [4.69, 9.17) is 11.5 Å². The van der Waals surface area contributed by atoms with Crippen LogP contribution in [-0.4, -0.2) is 20.2 Å². The van der Waals surface area contributed by atoms with Gasteiger partial charge >= 0.3 is 0 Å². The minimum Gasteiger partial charge on any atom is -0.382 e. The van der Waals surface area contributed by atoms with E-state index in [0.717, 1.165) is 40.2 Å². The lowest BCUT2D eigenvalue weighted by atomic mass is 9.86. The summed E-state index contributed by atoms with van der Waals surface area (Å²) in [5.41, 5.74) is 15.6. The number of nitrogens with two attached hydrogens (primary N) is 2. The summed E-state index contributed by atoms with van der Waals surface area (Å²) < 4.78 is 0. The number of nitrogens with zero attached hydrogens (tertiary/aromatic N) is 3. The molecule has 0 bridgehead atoms. The average molecular weight is 336 g/mol. The molecule has 6 nitrogen and oxygen atoms in total. The number of rotatable bonds is 4. The zero-order valence-electron chi connectivity index (χ0n) is 14.3. The molecule has 3 aromatic rings. The third kappa shape index (κ3) is 3.43. The van der Waals surface area contributed by atoms with E-state index < -0.39 is 0 Å². The van der Waals surface area contributed by atoms with Gasteiger partial charge in [-0.05, 0) is 37.0 Å². The van der Waals surface area contributed by atoms with Gasteiger partial charge in [0.1, 0.15) is 0 Å². The summed E-state index contributed by atoms with van der Waals surface area (Å²) in [6, 6.07) is 8.02. The van der Waals surface area contributed by atoms with Crippen molar-refractivity contribution < 1.29 is 0 Å². The number of benzene rings is 1. The van der Waals surface area contributed by atoms with Gasteiger partial charge in [0.2, 0.25) is 5.95 Å². The first-order valence-electron chi connectivity index (χ1n) is 9.06. The van der Waals surface area contributed by atoms with E-state index in [9.17, 15) is 0 Å². The maximum atomic E-state index is 5.96. The minimum atomic E-state index is 0.334. The van der Waals surface area contributed by atoms with Crippen molar-refractivity contribution >= 4 is 22.7 Å². The van der Waals surface area contributed by atoms with Crippen LogP contribution in [0.4, 0.5) is 11.8 Å². The molecule has 6 heteroatoms. The number of nitrogens with one attached hydrogen (secondary N) is 1. The van der Waals surface area contributed by atoms with Crippen LogP contribution in [0.3, 0.4) is 0 Å². The molecular formula is C19H24N6. The zero-order valence-corrected chi connectivity index (χ0v) is 14.3. The van der Waals surface area contributed by atoms with E-state index in [1.807, 2.05) is 18.2 Å². The van der Waals surface area contributed by atoms with Crippen LogP contribution < -0.4 is 11.5 Å². The van der Waals surface area contributed by atoms with Crippen LogP contribution in [0.5, 0.6) is 0 Å². The topological polar surface area (TPSA) is 106 Å². The maximum Gasteiger partial charge on any atom is 0.220 e. The number of aromatic amines is 1. The average Bonchev–Trinajstić information content (AvgIpc) is 3.01. The highest BCUT2D eigenvalue weighted by atomic mass is 15.1. The number of hydrogen-bond acceptors (Lipinski definition) is 5. The molecular weight excluding hydrogens is 312 g/mol. The minimum absolute atomic E-state index is 0.334. The summed E-state index contributed by atoms with van der Waals surface area (Å²) >= 11 is 0. The Kier molecular flexibility index (Phi) is 4.26. The fourth-order valence-corrected chi connectivity index (χ4v) is 3.82. The number of hydrogen-bond donors (Lipinski definition) is 3. The van der Waals surface area contributed by atoms with Crippen molar-refractivity contribution in [2.45, 2.75) is 44.9 Å². The van der Waals surface area contributed by atoms with Crippen LogP contribution in [0.2, 0.25) is 0 Å². The number of H-pyrrole nitrogens is 1. The van der Waals surface area contributed by atoms with E-state index in [2.05, 4.69) is 26.2 Å². The highest BCUT2D eigenvalue weighted by Crippen LogP contribution is 2.29. The quantitative estimate of drug-likeness (QED) is 0.673. The van der Waals surface area contributed by atoms with Crippen molar-refractivity contribution in [1.29, 1.82) is 0 Å². The molecule has 0 atom stereocenters. The first-order chi connectivity index (χ1) is 12.2. The van der Waals surface area contributed by atoms with Gasteiger partial charge < -0.3 is 11.5 Å². The third-order valence-corrected chi connectivity index (χ3v) is 5.22.